The summed E-state index contributed by atoms with van der Waals surface area (Å²) in [6.45, 7) is -0.772. The topological polar surface area (TPSA) is 112 Å². The summed E-state index contributed by atoms with van der Waals surface area (Å²) in [6, 6.07) is 9.67. The van der Waals surface area contributed by atoms with Gasteiger partial charge in [0.05, 0.1) is 22.5 Å². The van der Waals surface area contributed by atoms with Gasteiger partial charge in [0.25, 0.3) is 6.43 Å². The molecule has 3 aromatic rings. The van der Waals surface area contributed by atoms with Crippen molar-refractivity contribution in [2.75, 3.05) is 11.9 Å². The minimum atomic E-state index is -2.61. The predicted molar refractivity (Wildman–Crippen MR) is 101 cm³/mol. The average molecular weight is 403 g/mol. The number of ether oxygens (including phenoxy) is 1. The Labute approximate surface area is 164 Å². The number of anilines is 1. The molecular formula is C19H19F2N5O3. The van der Waals surface area contributed by atoms with Gasteiger partial charge in [0.15, 0.2) is 6.61 Å². The van der Waals surface area contributed by atoms with E-state index in [1.165, 1.54) is 12.3 Å². The van der Waals surface area contributed by atoms with Crippen LogP contribution in [0.25, 0.3) is 10.9 Å². The molecule has 4 rings (SSSR count). The number of hydrogen-bond acceptors (Lipinski definition) is 5. The van der Waals surface area contributed by atoms with Crippen molar-refractivity contribution in [2.24, 2.45) is 0 Å². The molecule has 0 radical (unpaired) electrons. The molecule has 1 aliphatic carbocycles. The van der Waals surface area contributed by atoms with Crippen LogP contribution >= 0.6 is 0 Å². The van der Waals surface area contributed by atoms with Crippen LogP contribution in [0, 0.1) is 0 Å². The summed E-state index contributed by atoms with van der Waals surface area (Å²) in [6.07, 6.45) is -0.0319. The molecule has 0 saturated heterocycles. The fraction of sp³-hybridized carbons (Fsp3) is 0.316. The Morgan fingerprint density at radius 3 is 2.76 bits per heavy atom. The van der Waals surface area contributed by atoms with Crippen LogP contribution in [0.3, 0.4) is 0 Å². The van der Waals surface area contributed by atoms with Crippen LogP contribution in [0.4, 0.5) is 19.4 Å². The summed E-state index contributed by atoms with van der Waals surface area (Å²) in [5.41, 5.74) is 0.316. The molecular weight excluding hydrogens is 384 g/mol. The number of urea groups is 1. The summed E-state index contributed by atoms with van der Waals surface area (Å²) in [4.78, 5) is 16.6. The Morgan fingerprint density at radius 2 is 2.07 bits per heavy atom. The van der Waals surface area contributed by atoms with E-state index in [0.717, 1.165) is 5.56 Å². The van der Waals surface area contributed by atoms with E-state index in [1.807, 2.05) is 30.3 Å². The standard InChI is InChI=1S/C19H19F2N5O3/c20-14(21)10-29-17-12-9-22-15(8-13(12)25-26-17)23-18(27)24-16(19(28)6-7-19)11-4-2-1-3-5-11/h1-5,8-9,14,16,28H,6-7,10H2,(H,25,26)(H2,22,23,24,27)/t16-/m0/s1. The molecule has 29 heavy (non-hydrogen) atoms. The summed E-state index contributed by atoms with van der Waals surface area (Å²) in [7, 11) is 0. The SMILES string of the molecule is O=C(Nc1cc2[nH]nc(OCC(F)F)c2cn1)N[C@@H](c1ccccc1)C1(O)CC1. The summed E-state index contributed by atoms with van der Waals surface area (Å²) in [5.74, 6) is 0.248. The second-order valence-corrected chi connectivity index (χ2v) is 6.89. The van der Waals surface area contributed by atoms with E-state index < -0.39 is 30.7 Å². The monoisotopic (exact) mass is 403 g/mol. The molecule has 0 unspecified atom stereocenters. The van der Waals surface area contributed by atoms with Gasteiger partial charge in [0.1, 0.15) is 5.82 Å². The van der Waals surface area contributed by atoms with E-state index in [9.17, 15) is 18.7 Å². The van der Waals surface area contributed by atoms with E-state index in [2.05, 4.69) is 25.8 Å². The van der Waals surface area contributed by atoms with Gasteiger partial charge in [0.2, 0.25) is 5.88 Å². The third kappa shape index (κ3) is 4.27. The van der Waals surface area contributed by atoms with Crippen molar-refractivity contribution in [3.8, 4) is 5.88 Å². The number of benzene rings is 1. The van der Waals surface area contributed by atoms with Crippen molar-refractivity contribution in [2.45, 2.75) is 30.9 Å². The maximum Gasteiger partial charge on any atom is 0.320 e. The normalized spacial score (nSPS) is 15.9. The quantitative estimate of drug-likeness (QED) is 0.485. The van der Waals surface area contributed by atoms with Crippen LogP contribution < -0.4 is 15.4 Å². The first-order chi connectivity index (χ1) is 13.9. The Hall–Kier alpha value is -3.27. The number of nitrogens with zero attached hydrogens (tertiary/aromatic N) is 2. The van der Waals surface area contributed by atoms with Crippen molar-refractivity contribution in [1.29, 1.82) is 0 Å². The van der Waals surface area contributed by atoms with E-state index in [4.69, 9.17) is 4.74 Å². The van der Waals surface area contributed by atoms with Crippen LogP contribution in [0.1, 0.15) is 24.4 Å². The molecule has 1 fully saturated rings. The van der Waals surface area contributed by atoms with Crippen molar-refractivity contribution in [3.63, 3.8) is 0 Å². The molecule has 0 bridgehead atoms. The van der Waals surface area contributed by atoms with Gasteiger partial charge in [-0.15, -0.1) is 5.10 Å². The molecule has 1 atom stereocenters. The van der Waals surface area contributed by atoms with Gasteiger partial charge in [-0.05, 0) is 18.4 Å². The minimum absolute atomic E-state index is 0.0175. The van der Waals surface area contributed by atoms with E-state index in [0.29, 0.717) is 23.7 Å². The highest BCUT2D eigenvalue weighted by atomic mass is 19.3. The molecule has 1 aliphatic rings. The zero-order chi connectivity index (χ0) is 20.4. The number of pyridine rings is 1. The lowest BCUT2D eigenvalue weighted by atomic mass is 10.00. The number of carbonyl (C=O) groups is 1. The van der Waals surface area contributed by atoms with Crippen LogP contribution in [-0.4, -0.2) is 45.0 Å². The van der Waals surface area contributed by atoms with Gasteiger partial charge in [-0.25, -0.2) is 18.6 Å². The second kappa shape index (κ2) is 7.63. The van der Waals surface area contributed by atoms with E-state index >= 15 is 0 Å². The number of aliphatic hydroxyl groups is 1. The lowest BCUT2D eigenvalue weighted by molar-refractivity contribution is 0.0803. The van der Waals surface area contributed by atoms with Gasteiger partial charge < -0.3 is 15.2 Å². The number of aromatic nitrogens is 3. The maximum atomic E-state index is 12.5. The van der Waals surface area contributed by atoms with E-state index in [-0.39, 0.29) is 11.7 Å². The van der Waals surface area contributed by atoms with Gasteiger partial charge >= 0.3 is 6.03 Å². The number of halogens is 2. The molecule has 0 spiro atoms. The molecule has 2 amide bonds. The van der Waals surface area contributed by atoms with Crippen LogP contribution in [-0.2, 0) is 0 Å². The molecule has 0 aliphatic heterocycles. The molecule has 2 aromatic heterocycles. The Morgan fingerprint density at radius 1 is 1.31 bits per heavy atom. The lowest BCUT2D eigenvalue weighted by Crippen LogP contribution is -2.40. The number of carbonyl (C=O) groups excluding carboxylic acids is 1. The molecule has 1 saturated carbocycles. The Bertz CT molecular complexity index is 1010. The highest BCUT2D eigenvalue weighted by molar-refractivity contribution is 5.92. The number of alkyl halides is 2. The first kappa shape index (κ1) is 19.1. The third-order valence-corrected chi connectivity index (χ3v) is 4.71. The largest absolute Gasteiger partial charge is 0.470 e. The average Bonchev–Trinajstić information content (AvgIpc) is 3.32. The van der Waals surface area contributed by atoms with Crippen molar-refractivity contribution in [1.82, 2.24) is 20.5 Å². The molecule has 4 N–H and O–H groups in total. The van der Waals surface area contributed by atoms with E-state index in [1.54, 1.807) is 0 Å². The second-order valence-electron chi connectivity index (χ2n) is 6.89. The predicted octanol–water partition coefficient (Wildman–Crippen LogP) is 2.99. The van der Waals surface area contributed by atoms with Crippen LogP contribution in [0.5, 0.6) is 5.88 Å². The summed E-state index contributed by atoms with van der Waals surface area (Å²) in [5, 5.41) is 22.9. The zero-order valence-corrected chi connectivity index (χ0v) is 15.2. The van der Waals surface area contributed by atoms with Gasteiger partial charge in [-0.1, -0.05) is 30.3 Å². The third-order valence-electron chi connectivity index (χ3n) is 4.71. The first-order valence-electron chi connectivity index (χ1n) is 9.04. The van der Waals surface area contributed by atoms with Crippen molar-refractivity contribution >= 4 is 22.8 Å². The first-order valence-corrected chi connectivity index (χ1v) is 9.04. The molecule has 2 heterocycles. The van der Waals surface area contributed by atoms with Crippen molar-refractivity contribution in [3.05, 3.63) is 48.2 Å². The Balaban J connectivity index is 1.45. The maximum absolute atomic E-state index is 12.5. The molecule has 8 nitrogen and oxygen atoms in total. The number of fused-ring (bicyclic) bond motifs is 1. The summed E-state index contributed by atoms with van der Waals surface area (Å²) < 4.78 is 29.5. The smallest absolute Gasteiger partial charge is 0.320 e. The minimum Gasteiger partial charge on any atom is -0.470 e. The Kier molecular flexibility index (Phi) is 5.01. The molecule has 1 aromatic carbocycles. The van der Waals surface area contributed by atoms with Gasteiger partial charge in [0, 0.05) is 12.3 Å². The lowest BCUT2D eigenvalue weighted by Gasteiger charge is -2.24. The van der Waals surface area contributed by atoms with Crippen LogP contribution in [0.15, 0.2) is 42.6 Å². The zero-order valence-electron chi connectivity index (χ0n) is 15.2. The number of H-pyrrole nitrogens is 1. The van der Waals surface area contributed by atoms with Gasteiger partial charge in [-0.3, -0.25) is 10.4 Å². The summed E-state index contributed by atoms with van der Waals surface area (Å²) >= 11 is 0. The van der Waals surface area contributed by atoms with Crippen LogP contribution in [0.2, 0.25) is 0 Å². The highest BCUT2D eigenvalue weighted by Gasteiger charge is 2.49. The van der Waals surface area contributed by atoms with Gasteiger partial charge in [-0.2, -0.15) is 0 Å². The fourth-order valence-corrected chi connectivity index (χ4v) is 3.08. The fourth-order valence-electron chi connectivity index (χ4n) is 3.08. The number of nitrogens with one attached hydrogen (secondary N) is 3. The number of rotatable bonds is 7. The number of hydrogen-bond donors (Lipinski definition) is 4. The highest BCUT2D eigenvalue weighted by Crippen LogP contribution is 2.45. The number of aromatic amines is 1. The molecule has 10 heteroatoms. The number of amides is 2. The van der Waals surface area contributed by atoms with Crippen molar-refractivity contribution < 1.29 is 23.4 Å². The molecule has 152 valence electrons.